The fourth-order valence-electron chi connectivity index (χ4n) is 3.04. The molecule has 2 heterocycles. The average Bonchev–Trinajstić information content (AvgIpc) is 2.94. The molecule has 1 unspecified atom stereocenters. The van der Waals surface area contributed by atoms with Gasteiger partial charge in [-0.2, -0.15) is 5.26 Å². The number of nitriles is 1. The fourth-order valence-corrected chi connectivity index (χ4v) is 3.04. The van der Waals surface area contributed by atoms with Gasteiger partial charge in [0, 0.05) is 24.7 Å². The zero-order valence-electron chi connectivity index (χ0n) is 11.6. The van der Waals surface area contributed by atoms with Gasteiger partial charge in [-0.25, -0.2) is 0 Å². The molecule has 0 aliphatic carbocycles. The maximum atomic E-state index is 9.38. The molecule has 1 N–H and O–H groups in total. The first-order chi connectivity index (χ1) is 9.83. The standard InChI is InChI=1S/C16H18N4/c1-18-9-12-6-7-20(11-12)16-13(8-17)10-19-15-5-3-2-4-14(15)16/h2-5,10,12,18H,6-7,9,11H2,1H3. The topological polar surface area (TPSA) is 52.0 Å². The molecule has 1 fully saturated rings. The number of pyridine rings is 1. The molecule has 1 aliphatic heterocycles. The van der Waals surface area contributed by atoms with Crippen LogP contribution >= 0.6 is 0 Å². The van der Waals surface area contributed by atoms with Crippen molar-refractivity contribution in [2.45, 2.75) is 6.42 Å². The predicted molar refractivity (Wildman–Crippen MR) is 80.7 cm³/mol. The molecule has 0 amide bonds. The summed E-state index contributed by atoms with van der Waals surface area (Å²) in [5.74, 6) is 0.651. The molecular formula is C16H18N4. The van der Waals surface area contributed by atoms with E-state index in [1.54, 1.807) is 6.20 Å². The van der Waals surface area contributed by atoms with Gasteiger partial charge in [-0.15, -0.1) is 0 Å². The second kappa shape index (κ2) is 5.48. The largest absolute Gasteiger partial charge is 0.370 e. The van der Waals surface area contributed by atoms with Crippen LogP contribution in [-0.2, 0) is 0 Å². The van der Waals surface area contributed by atoms with Gasteiger partial charge >= 0.3 is 0 Å². The summed E-state index contributed by atoms with van der Waals surface area (Å²) in [7, 11) is 1.99. The first kappa shape index (κ1) is 12.9. The highest BCUT2D eigenvalue weighted by atomic mass is 15.2. The van der Waals surface area contributed by atoms with E-state index in [9.17, 15) is 5.26 Å². The number of rotatable bonds is 3. The number of aromatic nitrogens is 1. The van der Waals surface area contributed by atoms with Crippen LogP contribution < -0.4 is 10.2 Å². The van der Waals surface area contributed by atoms with Crippen molar-refractivity contribution in [1.82, 2.24) is 10.3 Å². The number of anilines is 1. The summed E-state index contributed by atoms with van der Waals surface area (Å²) in [5, 5.41) is 13.7. The van der Waals surface area contributed by atoms with Crippen LogP contribution in [0.5, 0.6) is 0 Å². The summed E-state index contributed by atoms with van der Waals surface area (Å²) >= 11 is 0. The second-order valence-electron chi connectivity index (χ2n) is 5.31. The molecule has 1 aliphatic rings. The fraction of sp³-hybridized carbons (Fsp3) is 0.375. The molecule has 0 saturated carbocycles. The third-order valence-electron chi connectivity index (χ3n) is 3.96. The normalized spacial score (nSPS) is 18.4. The minimum Gasteiger partial charge on any atom is -0.370 e. The van der Waals surface area contributed by atoms with E-state index in [-0.39, 0.29) is 0 Å². The molecule has 102 valence electrons. The number of hydrogen-bond acceptors (Lipinski definition) is 4. The molecule has 4 nitrogen and oxygen atoms in total. The molecule has 4 heteroatoms. The lowest BCUT2D eigenvalue weighted by atomic mass is 10.1. The SMILES string of the molecule is CNCC1CCN(c2c(C#N)cnc3ccccc23)C1. The predicted octanol–water partition coefficient (Wildman–Crippen LogP) is 2.15. The van der Waals surface area contributed by atoms with Gasteiger partial charge < -0.3 is 10.2 Å². The van der Waals surface area contributed by atoms with Gasteiger partial charge in [-0.3, -0.25) is 4.98 Å². The van der Waals surface area contributed by atoms with E-state index >= 15 is 0 Å². The van der Waals surface area contributed by atoms with Crippen LogP contribution in [0, 0.1) is 17.2 Å². The van der Waals surface area contributed by atoms with Crippen molar-refractivity contribution in [3.05, 3.63) is 36.0 Å². The second-order valence-corrected chi connectivity index (χ2v) is 5.31. The van der Waals surface area contributed by atoms with Crippen molar-refractivity contribution in [1.29, 1.82) is 5.26 Å². The summed E-state index contributed by atoms with van der Waals surface area (Å²) in [4.78, 5) is 6.72. The quantitative estimate of drug-likeness (QED) is 0.925. The van der Waals surface area contributed by atoms with Gasteiger partial charge in [0.05, 0.1) is 16.8 Å². The summed E-state index contributed by atoms with van der Waals surface area (Å²) in [5.41, 5.74) is 2.68. The molecule has 3 rings (SSSR count). The Labute approximate surface area is 119 Å². The minimum atomic E-state index is 0.651. The van der Waals surface area contributed by atoms with Crippen molar-refractivity contribution in [3.8, 4) is 6.07 Å². The Hall–Kier alpha value is -2.12. The average molecular weight is 266 g/mol. The molecule has 1 saturated heterocycles. The van der Waals surface area contributed by atoms with E-state index in [1.165, 1.54) is 6.42 Å². The molecule has 0 bridgehead atoms. The van der Waals surface area contributed by atoms with Gasteiger partial charge in [0.15, 0.2) is 0 Å². The minimum absolute atomic E-state index is 0.651. The first-order valence-electron chi connectivity index (χ1n) is 7.01. The van der Waals surface area contributed by atoms with E-state index in [0.29, 0.717) is 11.5 Å². The summed E-state index contributed by atoms with van der Waals surface area (Å²) in [6, 6.07) is 10.3. The number of para-hydroxylation sites is 1. The van der Waals surface area contributed by atoms with Gasteiger partial charge in [0.1, 0.15) is 6.07 Å². The molecule has 20 heavy (non-hydrogen) atoms. The highest BCUT2D eigenvalue weighted by Crippen LogP contribution is 2.32. The molecule has 1 aromatic carbocycles. The van der Waals surface area contributed by atoms with Crippen LogP contribution in [0.3, 0.4) is 0 Å². The number of fused-ring (bicyclic) bond motifs is 1. The molecule has 1 atom stereocenters. The number of benzene rings is 1. The zero-order valence-corrected chi connectivity index (χ0v) is 11.6. The molecule has 2 aromatic rings. The molecule has 1 aromatic heterocycles. The highest BCUT2D eigenvalue weighted by Gasteiger charge is 2.25. The van der Waals surface area contributed by atoms with E-state index in [4.69, 9.17) is 0 Å². The van der Waals surface area contributed by atoms with Crippen LogP contribution in [-0.4, -0.2) is 31.7 Å². The Morgan fingerprint density at radius 2 is 2.30 bits per heavy atom. The van der Waals surface area contributed by atoms with Crippen molar-refractivity contribution < 1.29 is 0 Å². The third kappa shape index (κ3) is 2.21. The lowest BCUT2D eigenvalue weighted by Gasteiger charge is -2.21. The van der Waals surface area contributed by atoms with Crippen molar-refractivity contribution in [3.63, 3.8) is 0 Å². The Morgan fingerprint density at radius 1 is 1.45 bits per heavy atom. The Bertz CT molecular complexity index is 659. The number of hydrogen-bond donors (Lipinski definition) is 1. The van der Waals surface area contributed by atoms with Crippen LogP contribution in [0.25, 0.3) is 10.9 Å². The monoisotopic (exact) mass is 266 g/mol. The van der Waals surface area contributed by atoms with Crippen molar-refractivity contribution in [2.75, 3.05) is 31.6 Å². The van der Waals surface area contributed by atoms with Gasteiger partial charge in [-0.1, -0.05) is 18.2 Å². The maximum absolute atomic E-state index is 9.38. The lowest BCUT2D eigenvalue weighted by molar-refractivity contribution is 0.549. The van der Waals surface area contributed by atoms with Crippen molar-refractivity contribution >= 4 is 16.6 Å². The third-order valence-corrected chi connectivity index (χ3v) is 3.96. The van der Waals surface area contributed by atoms with E-state index in [2.05, 4.69) is 27.3 Å². The Morgan fingerprint density at radius 3 is 3.10 bits per heavy atom. The van der Waals surface area contributed by atoms with Crippen LogP contribution in [0.15, 0.2) is 30.5 Å². The van der Waals surface area contributed by atoms with Gasteiger partial charge in [0.2, 0.25) is 0 Å². The summed E-state index contributed by atoms with van der Waals surface area (Å²) < 4.78 is 0. The molecular weight excluding hydrogens is 248 g/mol. The van der Waals surface area contributed by atoms with Gasteiger partial charge in [-0.05, 0) is 32.0 Å². The van der Waals surface area contributed by atoms with E-state index < -0.39 is 0 Å². The smallest absolute Gasteiger partial charge is 0.103 e. The van der Waals surface area contributed by atoms with Crippen molar-refractivity contribution in [2.24, 2.45) is 5.92 Å². The maximum Gasteiger partial charge on any atom is 0.103 e. The summed E-state index contributed by atoms with van der Waals surface area (Å²) in [6.45, 7) is 3.04. The highest BCUT2D eigenvalue weighted by molar-refractivity contribution is 5.94. The summed E-state index contributed by atoms with van der Waals surface area (Å²) in [6.07, 6.45) is 2.87. The van der Waals surface area contributed by atoms with Crippen LogP contribution in [0.4, 0.5) is 5.69 Å². The van der Waals surface area contributed by atoms with Crippen LogP contribution in [0.1, 0.15) is 12.0 Å². The number of nitrogens with one attached hydrogen (secondary N) is 1. The molecule has 0 spiro atoms. The zero-order chi connectivity index (χ0) is 13.9. The van der Waals surface area contributed by atoms with E-state index in [0.717, 1.165) is 36.2 Å². The van der Waals surface area contributed by atoms with Crippen LogP contribution in [0.2, 0.25) is 0 Å². The first-order valence-corrected chi connectivity index (χ1v) is 7.01. The number of nitrogens with zero attached hydrogens (tertiary/aromatic N) is 3. The lowest BCUT2D eigenvalue weighted by Crippen LogP contribution is -2.25. The Kier molecular flexibility index (Phi) is 3.53. The Balaban J connectivity index is 2.04. The van der Waals surface area contributed by atoms with Gasteiger partial charge in [0.25, 0.3) is 0 Å². The van der Waals surface area contributed by atoms with E-state index in [1.807, 2.05) is 25.2 Å². The molecule has 0 radical (unpaired) electrons.